The van der Waals surface area contributed by atoms with Gasteiger partial charge < -0.3 is 0 Å². The van der Waals surface area contributed by atoms with Gasteiger partial charge in [0.2, 0.25) is 0 Å². The molecule has 0 amide bonds. The number of rotatable bonds is 9. The molecular formula is C14H32N2Si. The van der Waals surface area contributed by atoms with E-state index in [0.717, 1.165) is 31.7 Å². The molecule has 17 heavy (non-hydrogen) atoms. The van der Waals surface area contributed by atoms with Crippen LogP contribution in [0.25, 0.3) is 0 Å². The zero-order valence-corrected chi connectivity index (χ0v) is 14.2. The van der Waals surface area contributed by atoms with Crippen LogP contribution >= 0.6 is 0 Å². The maximum Gasteiger partial charge on any atom is 0.0621 e. The Kier molecular flexibility index (Phi) is 8.83. The lowest BCUT2D eigenvalue weighted by atomic mass is 10.2. The van der Waals surface area contributed by atoms with Crippen molar-refractivity contribution in [2.75, 3.05) is 26.2 Å². The second-order valence-corrected chi connectivity index (χ2v) is 7.90. The first kappa shape index (κ1) is 16.9. The molecule has 0 fully saturated rings. The lowest BCUT2D eigenvalue weighted by Gasteiger charge is -2.41. The molecule has 0 saturated carbocycles. The maximum atomic E-state index is 4.12. The van der Waals surface area contributed by atoms with Crippen molar-refractivity contribution >= 4 is 9.52 Å². The summed E-state index contributed by atoms with van der Waals surface area (Å²) in [6.07, 6.45) is 0.614. The summed E-state index contributed by atoms with van der Waals surface area (Å²) in [4.78, 5) is 5.21. The van der Waals surface area contributed by atoms with E-state index >= 15 is 0 Å². The minimum Gasteiger partial charge on any atom is -0.288 e. The average Bonchev–Trinajstić information content (AvgIpc) is 2.28. The van der Waals surface area contributed by atoms with Crippen molar-refractivity contribution in [1.29, 1.82) is 0 Å². The molecule has 0 saturated heterocycles. The third-order valence-electron chi connectivity index (χ3n) is 3.55. The van der Waals surface area contributed by atoms with E-state index in [0.29, 0.717) is 6.17 Å². The van der Waals surface area contributed by atoms with Gasteiger partial charge in [0.05, 0.1) is 15.7 Å². The van der Waals surface area contributed by atoms with Crippen molar-refractivity contribution < 1.29 is 0 Å². The first-order valence-electron chi connectivity index (χ1n) is 7.14. The summed E-state index contributed by atoms with van der Waals surface area (Å²) < 4.78 is 0. The predicted octanol–water partition coefficient (Wildman–Crippen LogP) is 2.51. The van der Waals surface area contributed by atoms with Gasteiger partial charge in [0.25, 0.3) is 0 Å². The quantitative estimate of drug-likeness (QED) is 0.462. The van der Waals surface area contributed by atoms with Crippen LogP contribution < -0.4 is 0 Å². The summed E-state index contributed by atoms with van der Waals surface area (Å²) in [7, 11) is -0.178. The Morgan fingerprint density at radius 2 is 1.35 bits per heavy atom. The van der Waals surface area contributed by atoms with E-state index in [2.05, 4.69) is 57.9 Å². The van der Waals surface area contributed by atoms with Gasteiger partial charge >= 0.3 is 0 Å². The first-order chi connectivity index (χ1) is 8.01. The topological polar surface area (TPSA) is 6.48 Å². The van der Waals surface area contributed by atoms with Crippen molar-refractivity contribution in [3.8, 4) is 0 Å². The van der Waals surface area contributed by atoms with Crippen LogP contribution in [0.15, 0.2) is 11.8 Å². The van der Waals surface area contributed by atoms with Gasteiger partial charge in [0, 0.05) is 0 Å². The van der Waals surface area contributed by atoms with Crippen molar-refractivity contribution in [3.63, 3.8) is 0 Å². The smallest absolute Gasteiger partial charge is 0.0621 e. The minimum absolute atomic E-state index is 0.178. The molecule has 0 rings (SSSR count). The molecule has 0 spiro atoms. The Bertz CT molecular complexity index is 198. The Balaban J connectivity index is 4.86. The normalized spacial score (nSPS) is 14.4. The zero-order valence-electron chi connectivity index (χ0n) is 12.8. The number of hydrogen-bond acceptors (Lipinski definition) is 2. The summed E-state index contributed by atoms with van der Waals surface area (Å²) in [6.45, 7) is 22.4. The monoisotopic (exact) mass is 256 g/mol. The maximum absolute atomic E-state index is 4.12. The van der Waals surface area contributed by atoms with Crippen LogP contribution in [0.5, 0.6) is 0 Å². The highest BCUT2D eigenvalue weighted by atomic mass is 28.2. The van der Waals surface area contributed by atoms with Crippen molar-refractivity contribution in [2.24, 2.45) is 0 Å². The van der Waals surface area contributed by atoms with Crippen molar-refractivity contribution in [2.45, 2.75) is 53.2 Å². The fourth-order valence-electron chi connectivity index (χ4n) is 2.80. The fourth-order valence-corrected chi connectivity index (χ4v) is 4.71. The fraction of sp³-hybridized carbons (Fsp3) is 0.857. The Hall–Kier alpha value is -0.123. The highest BCUT2D eigenvalue weighted by molar-refractivity contribution is 6.46. The summed E-state index contributed by atoms with van der Waals surface area (Å²) in [5, 5.41) is 1.43. The van der Waals surface area contributed by atoms with E-state index in [1.165, 1.54) is 5.20 Å². The molecule has 0 N–H and O–H groups in total. The molecule has 1 unspecified atom stereocenters. The zero-order chi connectivity index (χ0) is 13.4. The summed E-state index contributed by atoms with van der Waals surface area (Å²) in [6, 6.07) is 0. The molecule has 0 heterocycles. The summed E-state index contributed by atoms with van der Waals surface area (Å²) in [5.41, 5.74) is 0.785. The lowest BCUT2D eigenvalue weighted by molar-refractivity contribution is 0.0541. The molecule has 102 valence electrons. The van der Waals surface area contributed by atoms with Crippen LogP contribution in [0.2, 0.25) is 5.54 Å². The van der Waals surface area contributed by atoms with E-state index < -0.39 is 0 Å². The van der Waals surface area contributed by atoms with Gasteiger partial charge in [-0.05, 0) is 38.6 Å². The van der Waals surface area contributed by atoms with E-state index in [1.807, 2.05) is 0 Å². The van der Waals surface area contributed by atoms with Gasteiger partial charge in [0.1, 0.15) is 0 Å². The predicted molar refractivity (Wildman–Crippen MR) is 82.4 cm³/mol. The third kappa shape index (κ3) is 5.36. The second-order valence-electron chi connectivity index (χ2n) is 4.99. The molecule has 2 nitrogen and oxygen atoms in total. The summed E-state index contributed by atoms with van der Waals surface area (Å²) >= 11 is 0. The van der Waals surface area contributed by atoms with E-state index in [4.69, 9.17) is 0 Å². The Morgan fingerprint density at radius 3 is 1.59 bits per heavy atom. The molecule has 0 bridgehead atoms. The average molecular weight is 257 g/mol. The van der Waals surface area contributed by atoms with Gasteiger partial charge in [-0.2, -0.15) is 0 Å². The van der Waals surface area contributed by atoms with E-state index in [9.17, 15) is 0 Å². The van der Waals surface area contributed by atoms with Crippen LogP contribution in [0.1, 0.15) is 41.5 Å². The molecule has 1 atom stereocenters. The van der Waals surface area contributed by atoms with E-state index in [-0.39, 0.29) is 9.52 Å². The van der Waals surface area contributed by atoms with Crippen molar-refractivity contribution in [3.05, 3.63) is 11.8 Å². The highest BCUT2D eigenvalue weighted by Crippen LogP contribution is 2.21. The first-order valence-corrected chi connectivity index (χ1v) is 8.66. The molecule has 3 heteroatoms. The van der Waals surface area contributed by atoms with Gasteiger partial charge in [-0.1, -0.05) is 39.8 Å². The van der Waals surface area contributed by atoms with Crippen LogP contribution in [0.3, 0.4) is 0 Å². The standard InChI is InChI=1S/C14H32N2Si/c1-8-15(9-2)14(16(10-3)11-4)13(7)17-12(5)6/h13-14H,5,8-11,17H2,1-4,6-7H3. The summed E-state index contributed by atoms with van der Waals surface area (Å²) in [5.74, 6) is 0. The molecule has 0 aromatic rings. The Morgan fingerprint density at radius 1 is 1.00 bits per heavy atom. The van der Waals surface area contributed by atoms with Crippen LogP contribution in [-0.2, 0) is 0 Å². The Labute approximate surface area is 111 Å². The second kappa shape index (κ2) is 8.89. The van der Waals surface area contributed by atoms with Gasteiger partial charge in [-0.25, -0.2) is 0 Å². The minimum atomic E-state index is -0.178. The molecule has 0 radical (unpaired) electrons. The molecule has 0 aliphatic heterocycles. The number of nitrogens with zero attached hydrogens (tertiary/aromatic N) is 2. The number of allylic oxidation sites excluding steroid dienone is 1. The van der Waals surface area contributed by atoms with Gasteiger partial charge in [-0.3, -0.25) is 9.80 Å². The SMILES string of the molecule is C=C(C)[SiH2]C(C)C(N(CC)CC)N(CC)CC. The molecule has 0 aliphatic rings. The third-order valence-corrected chi connectivity index (χ3v) is 5.31. The van der Waals surface area contributed by atoms with E-state index in [1.54, 1.807) is 0 Å². The lowest BCUT2D eigenvalue weighted by Crippen LogP contribution is -2.51. The van der Waals surface area contributed by atoms with Gasteiger partial charge in [-0.15, -0.1) is 6.58 Å². The largest absolute Gasteiger partial charge is 0.288 e. The van der Waals surface area contributed by atoms with Crippen molar-refractivity contribution in [1.82, 2.24) is 9.80 Å². The molecular weight excluding hydrogens is 224 g/mol. The molecule has 0 aromatic carbocycles. The highest BCUT2D eigenvalue weighted by Gasteiger charge is 2.26. The van der Waals surface area contributed by atoms with Crippen LogP contribution in [0, 0.1) is 0 Å². The van der Waals surface area contributed by atoms with Crippen LogP contribution in [-0.4, -0.2) is 51.7 Å². The molecule has 0 aromatic heterocycles. The number of hydrogen-bond donors (Lipinski definition) is 0. The van der Waals surface area contributed by atoms with Gasteiger partial charge in [0.15, 0.2) is 0 Å². The van der Waals surface area contributed by atoms with Crippen LogP contribution in [0.4, 0.5) is 0 Å². The molecule has 0 aliphatic carbocycles.